The molecule has 0 amide bonds. The van der Waals surface area contributed by atoms with Gasteiger partial charge in [0.25, 0.3) is 0 Å². The molecule has 0 saturated heterocycles. The topological polar surface area (TPSA) is 65.2 Å². The summed E-state index contributed by atoms with van der Waals surface area (Å²) in [7, 11) is 0. The van der Waals surface area contributed by atoms with Crippen LogP contribution in [0.4, 0.5) is 0 Å². The first-order valence-electron chi connectivity index (χ1n) is 6.08. The quantitative estimate of drug-likeness (QED) is 0.809. The zero-order chi connectivity index (χ0) is 13.3. The van der Waals surface area contributed by atoms with E-state index in [0.29, 0.717) is 17.9 Å². The van der Waals surface area contributed by atoms with Crippen LogP contribution < -0.4 is 5.73 Å². The minimum atomic E-state index is -0.327. The Balaban J connectivity index is 2.57. The van der Waals surface area contributed by atoms with Crippen LogP contribution in [0.1, 0.15) is 31.9 Å². The minimum Gasteiger partial charge on any atom is -0.463 e. The Morgan fingerprint density at radius 3 is 2.94 bits per heavy atom. The molecule has 0 unspecified atom stereocenters. The number of pyridine rings is 1. The van der Waals surface area contributed by atoms with Crippen LogP contribution in [0.25, 0.3) is 5.70 Å². The van der Waals surface area contributed by atoms with E-state index in [1.54, 1.807) is 13.1 Å². The molecule has 0 aliphatic heterocycles. The van der Waals surface area contributed by atoms with E-state index in [2.05, 4.69) is 4.98 Å². The summed E-state index contributed by atoms with van der Waals surface area (Å²) >= 11 is 0. The van der Waals surface area contributed by atoms with Crippen LogP contribution in [0.15, 0.2) is 24.0 Å². The van der Waals surface area contributed by atoms with Gasteiger partial charge < -0.3 is 10.5 Å². The van der Waals surface area contributed by atoms with E-state index in [1.807, 2.05) is 26.1 Å². The van der Waals surface area contributed by atoms with Crippen molar-refractivity contribution < 1.29 is 9.53 Å². The van der Waals surface area contributed by atoms with Gasteiger partial charge in [-0.2, -0.15) is 0 Å². The molecule has 2 N–H and O–H groups in total. The number of carbonyl (C=O) groups excluding carboxylic acids is 1. The summed E-state index contributed by atoms with van der Waals surface area (Å²) in [5, 5.41) is 0. The highest BCUT2D eigenvalue weighted by atomic mass is 16.5. The van der Waals surface area contributed by atoms with Gasteiger partial charge in [-0.25, -0.2) is 4.79 Å². The second-order valence-corrected chi connectivity index (χ2v) is 5.10. The molecule has 0 spiro atoms. The number of esters is 1. The summed E-state index contributed by atoms with van der Waals surface area (Å²) in [6.45, 7) is 6.15. The fourth-order valence-electron chi connectivity index (χ4n) is 2.48. The minimum absolute atomic E-state index is 0.317. The maximum atomic E-state index is 12.1. The third-order valence-electron chi connectivity index (χ3n) is 3.25. The highest BCUT2D eigenvalue weighted by Crippen LogP contribution is 2.40. The van der Waals surface area contributed by atoms with Gasteiger partial charge in [-0.15, -0.1) is 0 Å². The summed E-state index contributed by atoms with van der Waals surface area (Å²) in [4.78, 5) is 16.2. The summed E-state index contributed by atoms with van der Waals surface area (Å²) in [5.74, 6) is -0.317. The number of hydrogen-bond donors (Lipinski definition) is 1. The van der Waals surface area contributed by atoms with Crippen molar-refractivity contribution >= 4 is 11.7 Å². The molecule has 0 aromatic carbocycles. The molecule has 1 aliphatic carbocycles. The average Bonchev–Trinajstić information content (AvgIpc) is 2.28. The highest BCUT2D eigenvalue weighted by molar-refractivity contribution is 5.99. The van der Waals surface area contributed by atoms with Gasteiger partial charge in [-0.05, 0) is 25.0 Å². The fourth-order valence-corrected chi connectivity index (χ4v) is 2.48. The number of fused-ring (bicyclic) bond motifs is 1. The van der Waals surface area contributed by atoms with Crippen LogP contribution in [-0.2, 0) is 16.0 Å². The van der Waals surface area contributed by atoms with Crippen LogP contribution in [0.3, 0.4) is 0 Å². The van der Waals surface area contributed by atoms with E-state index in [0.717, 1.165) is 17.5 Å². The molecule has 4 nitrogen and oxygen atoms in total. The molecule has 18 heavy (non-hydrogen) atoms. The van der Waals surface area contributed by atoms with E-state index in [4.69, 9.17) is 10.5 Å². The molecule has 0 saturated carbocycles. The smallest absolute Gasteiger partial charge is 0.336 e. The number of rotatable bonds is 2. The Labute approximate surface area is 107 Å². The van der Waals surface area contributed by atoms with Crippen molar-refractivity contribution in [2.45, 2.75) is 27.2 Å². The van der Waals surface area contributed by atoms with Crippen molar-refractivity contribution in [1.82, 2.24) is 4.98 Å². The molecule has 1 heterocycles. The van der Waals surface area contributed by atoms with Gasteiger partial charge >= 0.3 is 5.97 Å². The molecule has 0 radical (unpaired) electrons. The van der Waals surface area contributed by atoms with Gasteiger partial charge in [-0.1, -0.05) is 13.8 Å². The molecule has 0 fully saturated rings. The van der Waals surface area contributed by atoms with E-state index in [1.165, 1.54) is 0 Å². The molecule has 4 heteroatoms. The number of hydrogen-bond acceptors (Lipinski definition) is 4. The summed E-state index contributed by atoms with van der Waals surface area (Å²) in [5.41, 5.74) is 8.88. The summed E-state index contributed by atoms with van der Waals surface area (Å²) < 4.78 is 5.11. The van der Waals surface area contributed by atoms with E-state index >= 15 is 0 Å². The number of carbonyl (C=O) groups is 1. The van der Waals surface area contributed by atoms with E-state index in [-0.39, 0.29) is 11.4 Å². The molecule has 1 aromatic heterocycles. The van der Waals surface area contributed by atoms with Crippen molar-refractivity contribution in [2.75, 3.05) is 6.61 Å². The second-order valence-electron chi connectivity index (χ2n) is 5.10. The van der Waals surface area contributed by atoms with Gasteiger partial charge in [0.15, 0.2) is 0 Å². The first kappa shape index (κ1) is 12.6. The lowest BCUT2D eigenvalue weighted by molar-refractivity contribution is -0.139. The maximum absolute atomic E-state index is 12.1. The van der Waals surface area contributed by atoms with Crippen molar-refractivity contribution in [3.8, 4) is 0 Å². The number of nitrogens with zero attached hydrogens (tertiary/aromatic N) is 1. The summed E-state index contributed by atoms with van der Waals surface area (Å²) in [6, 6.07) is 1.85. The lowest BCUT2D eigenvalue weighted by Gasteiger charge is -2.33. The van der Waals surface area contributed by atoms with E-state index < -0.39 is 0 Å². The summed E-state index contributed by atoms with van der Waals surface area (Å²) in [6.07, 6.45) is 4.24. The number of aromatic nitrogens is 1. The molecule has 0 atom stereocenters. The van der Waals surface area contributed by atoms with Gasteiger partial charge in [0, 0.05) is 23.4 Å². The molecule has 2 rings (SSSR count). The normalized spacial score (nSPS) is 17.3. The van der Waals surface area contributed by atoms with Gasteiger partial charge in [0.1, 0.15) is 0 Å². The number of ether oxygens (including phenoxy) is 1. The Morgan fingerprint density at radius 1 is 1.56 bits per heavy atom. The standard InChI is InChI=1S/C14H18N2O2/c1-4-18-13(17)11-12(15)10-5-6-16-8-9(10)7-14(11,2)3/h5-6,8H,4,7,15H2,1-3H3. The maximum Gasteiger partial charge on any atom is 0.336 e. The molecule has 1 aliphatic rings. The second kappa shape index (κ2) is 4.44. The predicted octanol–water partition coefficient (Wildman–Crippen LogP) is 1.90. The molecule has 96 valence electrons. The third-order valence-corrected chi connectivity index (χ3v) is 3.25. The first-order chi connectivity index (χ1) is 8.47. The van der Waals surface area contributed by atoms with Crippen LogP contribution in [0.2, 0.25) is 0 Å². The fraction of sp³-hybridized carbons (Fsp3) is 0.429. The molecular formula is C14H18N2O2. The largest absolute Gasteiger partial charge is 0.463 e. The van der Waals surface area contributed by atoms with Crippen molar-refractivity contribution in [2.24, 2.45) is 11.1 Å². The molecule has 1 aromatic rings. The Hall–Kier alpha value is -1.84. The third kappa shape index (κ3) is 1.98. The monoisotopic (exact) mass is 246 g/mol. The van der Waals surface area contributed by atoms with Crippen LogP contribution in [0.5, 0.6) is 0 Å². The van der Waals surface area contributed by atoms with Crippen LogP contribution in [-0.4, -0.2) is 17.6 Å². The Morgan fingerprint density at radius 2 is 2.28 bits per heavy atom. The average molecular weight is 246 g/mol. The van der Waals surface area contributed by atoms with Crippen molar-refractivity contribution in [3.63, 3.8) is 0 Å². The van der Waals surface area contributed by atoms with Crippen LogP contribution >= 0.6 is 0 Å². The number of nitrogens with two attached hydrogens (primary N) is 1. The Kier molecular flexibility index (Phi) is 3.11. The van der Waals surface area contributed by atoms with E-state index in [9.17, 15) is 4.79 Å². The van der Waals surface area contributed by atoms with Crippen molar-refractivity contribution in [3.05, 3.63) is 35.2 Å². The zero-order valence-corrected chi connectivity index (χ0v) is 11.0. The lowest BCUT2D eigenvalue weighted by Crippen LogP contribution is -2.32. The SMILES string of the molecule is CCOC(=O)C1=C(N)c2ccncc2CC1(C)C. The van der Waals surface area contributed by atoms with Gasteiger partial charge in [-0.3, -0.25) is 4.98 Å². The van der Waals surface area contributed by atoms with Gasteiger partial charge in [0.05, 0.1) is 17.9 Å². The molecule has 0 bridgehead atoms. The highest BCUT2D eigenvalue weighted by Gasteiger charge is 2.37. The van der Waals surface area contributed by atoms with Gasteiger partial charge in [0.2, 0.25) is 0 Å². The zero-order valence-electron chi connectivity index (χ0n) is 11.0. The van der Waals surface area contributed by atoms with Crippen LogP contribution in [0, 0.1) is 5.41 Å². The first-order valence-corrected chi connectivity index (χ1v) is 6.08. The molecular weight excluding hydrogens is 228 g/mol. The van der Waals surface area contributed by atoms with Crippen molar-refractivity contribution in [1.29, 1.82) is 0 Å². The Bertz CT molecular complexity index is 518. The lowest BCUT2D eigenvalue weighted by atomic mass is 9.72. The predicted molar refractivity (Wildman–Crippen MR) is 69.5 cm³/mol.